The van der Waals surface area contributed by atoms with E-state index in [0.29, 0.717) is 0 Å². The number of pyridine rings is 1. The number of rotatable bonds is 3. The molecule has 8 heteroatoms. The van der Waals surface area contributed by atoms with E-state index < -0.39 is 23.4 Å². The van der Waals surface area contributed by atoms with Crippen molar-refractivity contribution in [2.45, 2.75) is 59.2 Å². The van der Waals surface area contributed by atoms with Gasteiger partial charge in [-0.3, -0.25) is 0 Å². The maximum absolute atomic E-state index is 12.7. The van der Waals surface area contributed by atoms with Gasteiger partial charge in [0, 0.05) is 19.2 Å². The van der Waals surface area contributed by atoms with Gasteiger partial charge < -0.3 is 19.1 Å². The fraction of sp³-hybridized carbons (Fsp3) is 0.632. The highest BCUT2D eigenvalue weighted by Crippen LogP contribution is 2.33. The Morgan fingerprint density at radius 3 is 1.93 bits per heavy atom. The maximum atomic E-state index is 12.7. The van der Waals surface area contributed by atoms with Crippen LogP contribution in [0.3, 0.4) is 0 Å². The van der Waals surface area contributed by atoms with E-state index in [2.05, 4.69) is 9.88 Å². The number of carbonyl (C=O) groups is 2. The van der Waals surface area contributed by atoms with Crippen LogP contribution in [0.2, 0.25) is 0 Å². The molecule has 27 heavy (non-hydrogen) atoms. The first-order valence-corrected chi connectivity index (χ1v) is 8.96. The highest BCUT2D eigenvalue weighted by atomic mass is 16.6. The van der Waals surface area contributed by atoms with Crippen LogP contribution in [0.15, 0.2) is 12.3 Å². The van der Waals surface area contributed by atoms with E-state index in [0.717, 1.165) is 30.1 Å². The molecule has 2 amide bonds. The summed E-state index contributed by atoms with van der Waals surface area (Å²) in [5.74, 6) is 0.321. The molecule has 1 aromatic heterocycles. The fourth-order valence-electron chi connectivity index (χ4n) is 2.36. The van der Waals surface area contributed by atoms with Crippen molar-refractivity contribution in [2.24, 2.45) is 0 Å². The second-order valence-corrected chi connectivity index (χ2v) is 8.36. The highest BCUT2D eigenvalue weighted by molar-refractivity contribution is 6.09. The van der Waals surface area contributed by atoms with Crippen molar-refractivity contribution < 1.29 is 23.8 Å². The molecule has 1 aliphatic heterocycles. The third-order valence-electron chi connectivity index (χ3n) is 3.62. The molecular weight excluding hydrogens is 350 g/mol. The zero-order valence-corrected chi connectivity index (χ0v) is 17.2. The minimum absolute atomic E-state index is 0.0327. The van der Waals surface area contributed by atoms with Crippen molar-refractivity contribution in [1.29, 1.82) is 0 Å². The standard InChI is InChI=1S/C19H29N3O5/c1-18(2,3)26-16(23)22(17(24)27-19(4,5)6)15-14(25-7)11-13(12-20-15)21-9-8-10-21/h11-12H,8-10H2,1-7H3. The predicted molar refractivity (Wildman–Crippen MR) is 103 cm³/mol. The first-order valence-electron chi connectivity index (χ1n) is 8.96. The van der Waals surface area contributed by atoms with Crippen LogP contribution >= 0.6 is 0 Å². The monoisotopic (exact) mass is 379 g/mol. The van der Waals surface area contributed by atoms with E-state index in [-0.39, 0.29) is 11.6 Å². The van der Waals surface area contributed by atoms with E-state index in [1.807, 2.05) is 0 Å². The van der Waals surface area contributed by atoms with Crippen LogP contribution in [0.25, 0.3) is 0 Å². The van der Waals surface area contributed by atoms with Crippen LogP contribution < -0.4 is 14.5 Å². The van der Waals surface area contributed by atoms with Crippen LogP contribution in [0, 0.1) is 0 Å². The van der Waals surface area contributed by atoms with Crippen molar-refractivity contribution in [3.05, 3.63) is 12.3 Å². The summed E-state index contributed by atoms with van der Waals surface area (Å²) >= 11 is 0. The lowest BCUT2D eigenvalue weighted by molar-refractivity contribution is 0.0427. The van der Waals surface area contributed by atoms with Crippen LogP contribution in [0.5, 0.6) is 5.75 Å². The number of carbonyl (C=O) groups excluding carboxylic acids is 2. The molecular formula is C19H29N3O5. The third-order valence-corrected chi connectivity index (χ3v) is 3.62. The Kier molecular flexibility index (Phi) is 5.87. The summed E-state index contributed by atoms with van der Waals surface area (Å²) in [5.41, 5.74) is -0.709. The van der Waals surface area contributed by atoms with Crippen LogP contribution in [0.1, 0.15) is 48.0 Å². The lowest BCUT2D eigenvalue weighted by Crippen LogP contribution is -2.44. The number of imide groups is 1. The number of methoxy groups -OCH3 is 1. The van der Waals surface area contributed by atoms with Crippen LogP contribution in [-0.4, -0.2) is 48.6 Å². The molecule has 150 valence electrons. The van der Waals surface area contributed by atoms with Crippen LogP contribution in [0.4, 0.5) is 21.1 Å². The minimum Gasteiger partial charge on any atom is -0.493 e. The molecule has 1 fully saturated rings. The summed E-state index contributed by atoms with van der Waals surface area (Å²) in [5, 5.41) is 0. The van der Waals surface area contributed by atoms with Gasteiger partial charge in [-0.25, -0.2) is 14.6 Å². The average molecular weight is 379 g/mol. The highest BCUT2D eigenvalue weighted by Gasteiger charge is 2.35. The quantitative estimate of drug-likeness (QED) is 0.786. The lowest BCUT2D eigenvalue weighted by atomic mass is 10.2. The number of aromatic nitrogens is 1. The van der Waals surface area contributed by atoms with Gasteiger partial charge in [0.15, 0.2) is 11.6 Å². The number of hydrogen-bond acceptors (Lipinski definition) is 7. The molecule has 0 atom stereocenters. The van der Waals surface area contributed by atoms with Crippen molar-refractivity contribution in [3.63, 3.8) is 0 Å². The molecule has 0 bridgehead atoms. The lowest BCUT2D eigenvalue weighted by Gasteiger charge is -2.33. The van der Waals surface area contributed by atoms with E-state index in [1.165, 1.54) is 7.11 Å². The largest absolute Gasteiger partial charge is 0.493 e. The van der Waals surface area contributed by atoms with E-state index >= 15 is 0 Å². The van der Waals surface area contributed by atoms with Crippen molar-refractivity contribution >= 4 is 23.7 Å². The van der Waals surface area contributed by atoms with Crippen molar-refractivity contribution in [3.8, 4) is 5.75 Å². The Labute approximate surface area is 160 Å². The van der Waals surface area contributed by atoms with Gasteiger partial charge in [0.05, 0.1) is 19.0 Å². The number of amides is 2. The van der Waals surface area contributed by atoms with Gasteiger partial charge in [0.1, 0.15) is 11.2 Å². The van der Waals surface area contributed by atoms with Gasteiger partial charge in [0.25, 0.3) is 0 Å². The van der Waals surface area contributed by atoms with Gasteiger partial charge in [-0.1, -0.05) is 0 Å². The zero-order chi connectivity index (χ0) is 20.4. The van der Waals surface area contributed by atoms with E-state index in [4.69, 9.17) is 14.2 Å². The smallest absolute Gasteiger partial charge is 0.425 e. The zero-order valence-electron chi connectivity index (χ0n) is 17.2. The molecule has 1 saturated heterocycles. The molecule has 2 heterocycles. The fourth-order valence-corrected chi connectivity index (χ4v) is 2.36. The topological polar surface area (TPSA) is 81.2 Å². The first-order chi connectivity index (χ1) is 12.4. The molecule has 0 N–H and O–H groups in total. The molecule has 0 spiro atoms. The molecule has 1 aliphatic rings. The maximum Gasteiger partial charge on any atom is 0.425 e. The number of ether oxygens (including phenoxy) is 3. The molecule has 0 unspecified atom stereocenters. The SMILES string of the molecule is COc1cc(N2CCC2)cnc1N(C(=O)OC(C)(C)C)C(=O)OC(C)(C)C. The molecule has 0 aromatic carbocycles. The summed E-state index contributed by atoms with van der Waals surface area (Å²) in [4.78, 5) is 32.7. The Bertz CT molecular complexity index is 674. The molecule has 2 rings (SSSR count). The Hall–Kier alpha value is -2.51. The van der Waals surface area contributed by atoms with Crippen LogP contribution in [-0.2, 0) is 9.47 Å². The Morgan fingerprint density at radius 2 is 1.56 bits per heavy atom. The van der Waals surface area contributed by atoms with Crippen molar-refractivity contribution in [2.75, 3.05) is 30.0 Å². The van der Waals surface area contributed by atoms with E-state index in [1.54, 1.807) is 53.8 Å². The first kappa shape index (κ1) is 20.8. The summed E-state index contributed by atoms with van der Waals surface area (Å²) < 4.78 is 16.2. The van der Waals surface area contributed by atoms with Gasteiger partial charge >= 0.3 is 12.2 Å². The normalized spacial score (nSPS) is 14.3. The van der Waals surface area contributed by atoms with Gasteiger partial charge in [-0.05, 0) is 48.0 Å². The van der Waals surface area contributed by atoms with Gasteiger partial charge in [-0.15, -0.1) is 0 Å². The second-order valence-electron chi connectivity index (χ2n) is 8.36. The average Bonchev–Trinajstić information content (AvgIpc) is 2.43. The number of anilines is 2. The Balaban J connectivity index is 2.42. The number of hydrogen-bond donors (Lipinski definition) is 0. The third kappa shape index (κ3) is 5.48. The molecule has 0 saturated carbocycles. The Morgan fingerprint density at radius 1 is 1.04 bits per heavy atom. The molecule has 0 radical (unpaired) electrons. The summed E-state index contributed by atoms with van der Waals surface area (Å²) in [7, 11) is 1.46. The summed E-state index contributed by atoms with van der Waals surface area (Å²) in [6.45, 7) is 12.2. The molecule has 8 nitrogen and oxygen atoms in total. The predicted octanol–water partition coefficient (Wildman–Crippen LogP) is 3.98. The van der Waals surface area contributed by atoms with Gasteiger partial charge in [0.2, 0.25) is 0 Å². The second kappa shape index (κ2) is 7.62. The number of nitrogens with zero attached hydrogens (tertiary/aromatic N) is 3. The van der Waals surface area contributed by atoms with E-state index in [9.17, 15) is 9.59 Å². The van der Waals surface area contributed by atoms with Crippen molar-refractivity contribution in [1.82, 2.24) is 4.98 Å². The molecule has 1 aromatic rings. The summed E-state index contributed by atoms with van der Waals surface area (Å²) in [6, 6.07) is 1.75. The summed E-state index contributed by atoms with van der Waals surface area (Å²) in [6.07, 6.45) is 0.976. The van der Waals surface area contributed by atoms with Gasteiger partial charge in [-0.2, -0.15) is 4.90 Å². The minimum atomic E-state index is -0.876. The molecule has 0 aliphatic carbocycles.